The Kier molecular flexibility index (Phi) is 5.16. The summed E-state index contributed by atoms with van der Waals surface area (Å²) in [6, 6.07) is 2.61. The molecule has 1 aromatic rings. The number of halogens is 3. The Balaban J connectivity index is 2.89. The molecule has 0 atom stereocenters. The molecular formula is C13H17F3N2O3. The van der Waals surface area contributed by atoms with Gasteiger partial charge in [-0.1, -0.05) is 0 Å². The van der Waals surface area contributed by atoms with Crippen molar-refractivity contribution in [1.82, 2.24) is 9.88 Å². The van der Waals surface area contributed by atoms with Crippen molar-refractivity contribution in [3.8, 4) is 5.75 Å². The third-order valence-corrected chi connectivity index (χ3v) is 2.34. The Morgan fingerprint density at radius 2 is 2.05 bits per heavy atom. The first-order chi connectivity index (χ1) is 9.49. The molecular weight excluding hydrogens is 289 g/mol. The number of nitrogens with zero attached hydrogens (tertiary/aromatic N) is 2. The van der Waals surface area contributed by atoms with Gasteiger partial charge >= 0.3 is 6.18 Å². The van der Waals surface area contributed by atoms with Gasteiger partial charge in [0.1, 0.15) is 0 Å². The van der Waals surface area contributed by atoms with Gasteiger partial charge in [-0.2, -0.15) is 13.2 Å². The summed E-state index contributed by atoms with van der Waals surface area (Å²) in [5.74, 6) is -0.877. The fourth-order valence-corrected chi connectivity index (χ4v) is 1.66. The van der Waals surface area contributed by atoms with E-state index in [0.29, 0.717) is 0 Å². The molecule has 0 bridgehead atoms. The molecule has 0 unspecified atom stereocenters. The number of carbonyl (C=O) groups excluding carboxylic acids is 1. The zero-order valence-electron chi connectivity index (χ0n) is 11.9. The molecule has 0 spiro atoms. The first-order valence-corrected chi connectivity index (χ1v) is 6.12. The average Bonchev–Trinajstić information content (AvgIpc) is 2.33. The highest BCUT2D eigenvalue weighted by Crippen LogP contribution is 2.22. The van der Waals surface area contributed by atoms with Crippen molar-refractivity contribution in [2.45, 2.75) is 25.6 Å². The van der Waals surface area contributed by atoms with Crippen molar-refractivity contribution in [2.24, 2.45) is 0 Å². The Morgan fingerprint density at radius 1 is 1.43 bits per heavy atom. The number of amides is 1. The van der Waals surface area contributed by atoms with Gasteiger partial charge in [-0.15, -0.1) is 0 Å². The quantitative estimate of drug-likeness (QED) is 0.902. The van der Waals surface area contributed by atoms with Crippen LogP contribution in [-0.4, -0.2) is 52.9 Å². The number of hydrogen-bond donors (Lipinski definition) is 1. The maximum absolute atomic E-state index is 12.2. The smallest absolute Gasteiger partial charge is 0.422 e. The van der Waals surface area contributed by atoms with Crippen LogP contribution in [0.2, 0.25) is 0 Å². The summed E-state index contributed by atoms with van der Waals surface area (Å²) in [6.07, 6.45) is -3.22. The minimum Gasteiger partial charge on any atom is -0.482 e. The van der Waals surface area contributed by atoms with Crippen molar-refractivity contribution < 1.29 is 27.8 Å². The van der Waals surface area contributed by atoms with E-state index in [1.54, 1.807) is 0 Å². The normalized spacial score (nSPS) is 12.1. The monoisotopic (exact) mass is 306 g/mol. The number of aromatic nitrogens is 1. The SMILES string of the molecule is CN(CC(C)(C)O)C(=O)c1ncccc1OCC(F)(F)F. The number of carbonyl (C=O) groups is 1. The lowest BCUT2D eigenvalue weighted by atomic mass is 10.1. The highest BCUT2D eigenvalue weighted by Gasteiger charge is 2.30. The molecule has 0 aliphatic carbocycles. The molecule has 0 aliphatic heterocycles. The van der Waals surface area contributed by atoms with E-state index < -0.39 is 24.3 Å². The molecule has 0 radical (unpaired) electrons. The van der Waals surface area contributed by atoms with Crippen LogP contribution in [0.4, 0.5) is 13.2 Å². The number of likely N-dealkylation sites (N-methyl/N-ethyl adjacent to an activating group) is 1. The first kappa shape index (κ1) is 17.2. The van der Waals surface area contributed by atoms with E-state index in [4.69, 9.17) is 0 Å². The van der Waals surface area contributed by atoms with E-state index >= 15 is 0 Å². The van der Waals surface area contributed by atoms with Crippen LogP contribution < -0.4 is 4.74 Å². The standard InChI is InChI=1S/C13H17F3N2O3/c1-12(2,20)7-18(3)11(19)10-9(5-4-6-17-10)21-8-13(14,15)16/h4-6,20H,7-8H2,1-3H3. The van der Waals surface area contributed by atoms with Crippen molar-refractivity contribution in [3.05, 3.63) is 24.0 Å². The molecule has 1 rings (SSSR count). The van der Waals surface area contributed by atoms with Crippen LogP contribution >= 0.6 is 0 Å². The van der Waals surface area contributed by atoms with Gasteiger partial charge in [-0.25, -0.2) is 4.98 Å². The maximum Gasteiger partial charge on any atom is 0.422 e. The van der Waals surface area contributed by atoms with Crippen LogP contribution in [-0.2, 0) is 0 Å². The van der Waals surface area contributed by atoms with Crippen LogP contribution in [0.1, 0.15) is 24.3 Å². The van der Waals surface area contributed by atoms with Crippen molar-refractivity contribution in [3.63, 3.8) is 0 Å². The largest absolute Gasteiger partial charge is 0.482 e. The predicted octanol–water partition coefficient (Wildman–Crippen LogP) is 1.87. The van der Waals surface area contributed by atoms with Gasteiger partial charge in [0.15, 0.2) is 18.1 Å². The molecule has 0 aliphatic rings. The van der Waals surface area contributed by atoms with Crippen LogP contribution in [0.5, 0.6) is 5.75 Å². The second-order valence-electron chi connectivity index (χ2n) is 5.23. The minimum atomic E-state index is -4.50. The molecule has 1 heterocycles. The lowest BCUT2D eigenvalue weighted by Crippen LogP contribution is -2.40. The van der Waals surface area contributed by atoms with Gasteiger partial charge in [0.25, 0.3) is 5.91 Å². The number of alkyl halides is 3. The Bertz CT molecular complexity index is 498. The van der Waals surface area contributed by atoms with E-state index in [0.717, 1.165) is 0 Å². The Hall–Kier alpha value is -1.83. The number of hydrogen-bond acceptors (Lipinski definition) is 4. The molecule has 1 amide bonds. The Morgan fingerprint density at radius 3 is 2.57 bits per heavy atom. The molecule has 8 heteroatoms. The third kappa shape index (κ3) is 5.99. The van der Waals surface area contributed by atoms with Crippen molar-refractivity contribution in [2.75, 3.05) is 20.2 Å². The van der Waals surface area contributed by atoms with Gasteiger partial charge in [0.05, 0.1) is 5.60 Å². The van der Waals surface area contributed by atoms with E-state index in [-0.39, 0.29) is 18.0 Å². The zero-order chi connectivity index (χ0) is 16.3. The molecule has 0 aromatic carbocycles. The van der Waals surface area contributed by atoms with Crippen LogP contribution in [0, 0.1) is 0 Å². The second-order valence-corrected chi connectivity index (χ2v) is 5.23. The van der Waals surface area contributed by atoms with Gasteiger partial charge in [-0.3, -0.25) is 4.79 Å². The summed E-state index contributed by atoms with van der Waals surface area (Å²) in [4.78, 5) is 17.1. The maximum atomic E-state index is 12.2. The number of ether oxygens (including phenoxy) is 1. The van der Waals surface area contributed by atoms with Crippen molar-refractivity contribution in [1.29, 1.82) is 0 Å². The van der Waals surface area contributed by atoms with Crippen LogP contribution in [0.15, 0.2) is 18.3 Å². The first-order valence-electron chi connectivity index (χ1n) is 6.12. The van der Waals surface area contributed by atoms with E-state index in [1.807, 2.05) is 0 Å². The van der Waals surface area contributed by atoms with Crippen LogP contribution in [0.25, 0.3) is 0 Å². The lowest BCUT2D eigenvalue weighted by molar-refractivity contribution is -0.153. The summed E-state index contributed by atoms with van der Waals surface area (Å²) in [7, 11) is 1.42. The van der Waals surface area contributed by atoms with Gasteiger partial charge < -0.3 is 14.7 Å². The second kappa shape index (κ2) is 6.30. The van der Waals surface area contributed by atoms with Gasteiger partial charge in [0.2, 0.25) is 0 Å². The van der Waals surface area contributed by atoms with Crippen molar-refractivity contribution >= 4 is 5.91 Å². The molecule has 0 saturated carbocycles. The number of pyridine rings is 1. The summed E-state index contributed by atoms with van der Waals surface area (Å²) in [6.45, 7) is 1.52. The van der Waals surface area contributed by atoms with Crippen LogP contribution in [0.3, 0.4) is 0 Å². The highest BCUT2D eigenvalue weighted by molar-refractivity contribution is 5.94. The lowest BCUT2D eigenvalue weighted by Gasteiger charge is -2.25. The number of aliphatic hydroxyl groups is 1. The van der Waals surface area contributed by atoms with E-state index in [9.17, 15) is 23.1 Å². The summed E-state index contributed by atoms with van der Waals surface area (Å²) >= 11 is 0. The van der Waals surface area contributed by atoms with E-state index in [2.05, 4.69) is 9.72 Å². The molecule has 1 N–H and O–H groups in total. The molecule has 21 heavy (non-hydrogen) atoms. The number of rotatable bonds is 5. The molecule has 0 saturated heterocycles. The fraction of sp³-hybridized carbons (Fsp3) is 0.538. The minimum absolute atomic E-state index is 0.00111. The molecule has 5 nitrogen and oxygen atoms in total. The highest BCUT2D eigenvalue weighted by atomic mass is 19.4. The van der Waals surface area contributed by atoms with Gasteiger partial charge in [-0.05, 0) is 26.0 Å². The zero-order valence-corrected chi connectivity index (χ0v) is 11.9. The predicted molar refractivity (Wildman–Crippen MR) is 69.0 cm³/mol. The summed E-state index contributed by atoms with van der Waals surface area (Å²) in [5, 5.41) is 9.67. The average molecular weight is 306 g/mol. The topological polar surface area (TPSA) is 62.7 Å². The summed E-state index contributed by atoms with van der Waals surface area (Å²) in [5.41, 5.74) is -1.36. The molecule has 1 aromatic heterocycles. The Labute approximate surface area is 120 Å². The van der Waals surface area contributed by atoms with E-state index in [1.165, 1.54) is 44.1 Å². The van der Waals surface area contributed by atoms with Gasteiger partial charge in [0, 0.05) is 19.8 Å². The third-order valence-electron chi connectivity index (χ3n) is 2.34. The fourth-order valence-electron chi connectivity index (χ4n) is 1.66. The molecule has 118 valence electrons. The summed E-state index contributed by atoms with van der Waals surface area (Å²) < 4.78 is 41.1. The molecule has 0 fully saturated rings.